The number of anilines is 1. The van der Waals surface area contributed by atoms with Gasteiger partial charge in [0.15, 0.2) is 0 Å². The van der Waals surface area contributed by atoms with E-state index >= 15 is 0 Å². The normalized spacial score (nSPS) is 9.40. The second-order valence-corrected chi connectivity index (χ2v) is 4.48. The molecule has 0 radical (unpaired) electrons. The zero-order valence-electron chi connectivity index (χ0n) is 6.00. The van der Waals surface area contributed by atoms with Crippen molar-refractivity contribution >= 4 is 25.4 Å². The van der Waals surface area contributed by atoms with Crippen molar-refractivity contribution in [3.05, 3.63) is 16.6 Å². The number of carbonyl (C=O) groups is 1. The summed E-state index contributed by atoms with van der Waals surface area (Å²) in [6.07, 6.45) is 0.938. The van der Waals surface area contributed by atoms with Gasteiger partial charge in [-0.1, -0.05) is 0 Å². The summed E-state index contributed by atoms with van der Waals surface area (Å²) in [5.74, 6) is 0. The standard InChI is InChI=1S/C7H9NOSe/c1-8(2)7-4-3-6(5-9)10-7/h3-5H,1-2H3. The third kappa shape index (κ3) is 1.49. The Morgan fingerprint density at radius 2 is 2.20 bits per heavy atom. The van der Waals surface area contributed by atoms with Crippen LogP contribution in [0.25, 0.3) is 0 Å². The monoisotopic (exact) mass is 203 g/mol. The van der Waals surface area contributed by atoms with Crippen LogP contribution in [0.3, 0.4) is 0 Å². The van der Waals surface area contributed by atoms with Gasteiger partial charge in [0.25, 0.3) is 0 Å². The van der Waals surface area contributed by atoms with Crippen LogP contribution in [0.15, 0.2) is 12.1 Å². The minimum absolute atomic E-state index is 0.255. The molecule has 1 rings (SSSR count). The maximum absolute atomic E-state index is 10.3. The van der Waals surface area contributed by atoms with E-state index in [0.717, 1.165) is 10.7 Å². The second kappa shape index (κ2) is 3.04. The molecule has 0 bridgehead atoms. The van der Waals surface area contributed by atoms with Gasteiger partial charge >= 0.3 is 65.7 Å². The van der Waals surface area contributed by atoms with Crippen LogP contribution in [0.1, 0.15) is 9.23 Å². The van der Waals surface area contributed by atoms with Crippen LogP contribution in [-0.2, 0) is 0 Å². The molecule has 10 heavy (non-hydrogen) atoms. The quantitative estimate of drug-likeness (QED) is 0.517. The van der Waals surface area contributed by atoms with Gasteiger partial charge in [0.2, 0.25) is 0 Å². The molecule has 0 N–H and O–H groups in total. The first-order valence-electron chi connectivity index (χ1n) is 2.96. The molecule has 0 aliphatic carbocycles. The van der Waals surface area contributed by atoms with Gasteiger partial charge in [-0.25, -0.2) is 0 Å². The van der Waals surface area contributed by atoms with E-state index in [0.29, 0.717) is 0 Å². The SMILES string of the molecule is CN(C)c1ccc(C=O)[se]1. The van der Waals surface area contributed by atoms with Crippen LogP contribution in [0.4, 0.5) is 4.56 Å². The van der Waals surface area contributed by atoms with Crippen LogP contribution >= 0.6 is 0 Å². The first-order valence-corrected chi connectivity index (χ1v) is 4.67. The van der Waals surface area contributed by atoms with Crippen LogP contribution < -0.4 is 4.90 Å². The molecule has 0 fully saturated rings. The molecule has 0 aliphatic rings. The number of hydrogen-bond donors (Lipinski definition) is 0. The van der Waals surface area contributed by atoms with Crippen molar-refractivity contribution in [3.63, 3.8) is 0 Å². The van der Waals surface area contributed by atoms with Gasteiger partial charge in [-0.3, -0.25) is 0 Å². The average Bonchev–Trinajstić information content (AvgIpc) is 2.34. The molecule has 0 saturated heterocycles. The van der Waals surface area contributed by atoms with Crippen LogP contribution in [-0.4, -0.2) is 34.9 Å². The fraction of sp³-hybridized carbons (Fsp3) is 0.286. The number of aldehydes is 1. The summed E-state index contributed by atoms with van der Waals surface area (Å²) in [4.78, 5) is 12.3. The summed E-state index contributed by atoms with van der Waals surface area (Å²) in [6, 6.07) is 3.89. The predicted molar refractivity (Wildman–Crippen MR) is 43.1 cm³/mol. The van der Waals surface area contributed by atoms with Crippen molar-refractivity contribution in [2.45, 2.75) is 0 Å². The molecule has 0 atom stereocenters. The fourth-order valence-electron chi connectivity index (χ4n) is 0.646. The van der Waals surface area contributed by atoms with E-state index in [2.05, 4.69) is 0 Å². The molecule has 2 nitrogen and oxygen atoms in total. The molecule has 0 aromatic carbocycles. The molecule has 0 aliphatic heterocycles. The van der Waals surface area contributed by atoms with Gasteiger partial charge in [0.05, 0.1) is 0 Å². The summed E-state index contributed by atoms with van der Waals surface area (Å²) >= 11 is 0.255. The Morgan fingerprint density at radius 1 is 1.50 bits per heavy atom. The zero-order chi connectivity index (χ0) is 7.56. The average molecular weight is 202 g/mol. The number of nitrogens with zero attached hydrogens (tertiary/aromatic N) is 1. The molecule has 0 unspecified atom stereocenters. The third-order valence-corrected chi connectivity index (χ3v) is 3.64. The van der Waals surface area contributed by atoms with Gasteiger partial charge in [-0.15, -0.1) is 0 Å². The van der Waals surface area contributed by atoms with Crippen molar-refractivity contribution in [2.24, 2.45) is 0 Å². The van der Waals surface area contributed by atoms with Crippen molar-refractivity contribution in [1.82, 2.24) is 0 Å². The first kappa shape index (κ1) is 7.58. The van der Waals surface area contributed by atoms with Gasteiger partial charge < -0.3 is 0 Å². The van der Waals surface area contributed by atoms with Crippen LogP contribution in [0.5, 0.6) is 0 Å². The van der Waals surface area contributed by atoms with Gasteiger partial charge in [0.1, 0.15) is 0 Å². The van der Waals surface area contributed by atoms with Crippen molar-refractivity contribution < 1.29 is 4.79 Å². The summed E-state index contributed by atoms with van der Waals surface area (Å²) in [7, 11) is 3.99. The second-order valence-electron chi connectivity index (χ2n) is 2.19. The topological polar surface area (TPSA) is 20.3 Å². The van der Waals surface area contributed by atoms with Crippen molar-refractivity contribution in [1.29, 1.82) is 0 Å². The van der Waals surface area contributed by atoms with Crippen LogP contribution in [0.2, 0.25) is 0 Å². The van der Waals surface area contributed by atoms with Gasteiger partial charge in [-0.05, 0) is 0 Å². The summed E-state index contributed by atoms with van der Waals surface area (Å²) in [5.41, 5.74) is 0. The Morgan fingerprint density at radius 3 is 2.50 bits per heavy atom. The zero-order valence-corrected chi connectivity index (χ0v) is 7.71. The Kier molecular flexibility index (Phi) is 2.30. The van der Waals surface area contributed by atoms with Gasteiger partial charge in [-0.2, -0.15) is 0 Å². The Balaban J connectivity index is 2.88. The molecule has 1 aromatic rings. The molecule has 1 aromatic heterocycles. The van der Waals surface area contributed by atoms with Gasteiger partial charge in [0, 0.05) is 0 Å². The van der Waals surface area contributed by atoms with Crippen molar-refractivity contribution in [2.75, 3.05) is 19.0 Å². The number of rotatable bonds is 2. The van der Waals surface area contributed by atoms with Crippen molar-refractivity contribution in [3.8, 4) is 0 Å². The molecule has 1 heterocycles. The Bertz CT molecular complexity index is 229. The van der Waals surface area contributed by atoms with E-state index in [1.165, 1.54) is 4.56 Å². The Labute approximate surface area is 66.2 Å². The molecule has 3 heteroatoms. The van der Waals surface area contributed by atoms with E-state index < -0.39 is 0 Å². The fourth-order valence-corrected chi connectivity index (χ4v) is 2.21. The molecular weight excluding hydrogens is 193 g/mol. The van der Waals surface area contributed by atoms with Crippen LogP contribution in [0, 0.1) is 0 Å². The minimum atomic E-state index is 0.255. The molecule has 54 valence electrons. The molecular formula is C7H9NOSe. The summed E-state index contributed by atoms with van der Waals surface area (Å²) in [5, 5.41) is 0. The molecule has 0 spiro atoms. The summed E-state index contributed by atoms with van der Waals surface area (Å²) in [6.45, 7) is 0. The van der Waals surface area contributed by atoms with E-state index in [1.807, 2.05) is 31.1 Å². The molecule has 0 amide bonds. The third-order valence-electron chi connectivity index (χ3n) is 1.17. The summed E-state index contributed by atoms with van der Waals surface area (Å²) < 4.78 is 2.19. The first-order chi connectivity index (χ1) is 4.74. The van der Waals surface area contributed by atoms with E-state index in [1.54, 1.807) is 0 Å². The number of carbonyl (C=O) groups excluding carboxylic acids is 1. The molecule has 0 saturated carbocycles. The number of hydrogen-bond acceptors (Lipinski definition) is 2. The van der Waals surface area contributed by atoms with E-state index in [9.17, 15) is 4.79 Å². The maximum atomic E-state index is 10.3. The van der Waals surface area contributed by atoms with E-state index in [4.69, 9.17) is 0 Å². The van der Waals surface area contributed by atoms with E-state index in [-0.39, 0.29) is 14.5 Å². The Hall–Kier alpha value is -0.531. The predicted octanol–water partition coefficient (Wildman–Crippen LogP) is 0.622.